The minimum absolute atomic E-state index is 0.595. The Balaban J connectivity index is 1.42. The maximum Gasteiger partial charge on any atom is 0.181 e. The molecular weight excluding hydrogens is 328 g/mol. The van der Waals surface area contributed by atoms with E-state index in [0.29, 0.717) is 12.2 Å². The van der Waals surface area contributed by atoms with E-state index >= 15 is 0 Å². The highest BCUT2D eigenvalue weighted by molar-refractivity contribution is 5.58. The smallest absolute Gasteiger partial charge is 0.181 e. The van der Waals surface area contributed by atoms with Crippen LogP contribution in [0.3, 0.4) is 0 Å². The normalized spacial score (nSPS) is 11.2. The van der Waals surface area contributed by atoms with Crippen molar-refractivity contribution >= 4 is 5.65 Å². The summed E-state index contributed by atoms with van der Waals surface area (Å²) in [5.41, 5.74) is 3.68. The number of aromatic nitrogens is 8. The molecule has 0 radical (unpaired) electrons. The van der Waals surface area contributed by atoms with E-state index in [4.69, 9.17) is 0 Å². The molecule has 8 nitrogen and oxygen atoms in total. The number of fused-ring (bicyclic) bond motifs is 1. The Kier molecular flexibility index (Phi) is 3.31. The SMILES string of the molecule is c1cc(-c2n[nH]c(Cc3cn4ccccc4n3)n2)cc(-n2cncn2)c1. The molecule has 8 heteroatoms. The first-order valence-corrected chi connectivity index (χ1v) is 8.14. The van der Waals surface area contributed by atoms with Crippen LogP contribution in [0.25, 0.3) is 22.7 Å². The second kappa shape index (κ2) is 5.92. The van der Waals surface area contributed by atoms with Gasteiger partial charge in [-0.15, -0.1) is 0 Å². The number of hydrogen-bond donors (Lipinski definition) is 1. The number of nitrogens with one attached hydrogen (secondary N) is 1. The number of hydrogen-bond acceptors (Lipinski definition) is 5. The molecule has 0 amide bonds. The molecule has 0 aliphatic rings. The Morgan fingerprint density at radius 3 is 2.92 bits per heavy atom. The van der Waals surface area contributed by atoms with Crippen LogP contribution in [0, 0.1) is 0 Å². The van der Waals surface area contributed by atoms with Crippen molar-refractivity contribution in [2.45, 2.75) is 6.42 Å². The molecule has 0 saturated heterocycles. The third-order valence-corrected chi connectivity index (χ3v) is 4.08. The standard InChI is InChI=1S/C18H14N8/c1-2-7-25-10-14(21-17(25)6-1)9-16-22-18(24-23-16)13-4-3-5-15(8-13)26-12-19-11-20-26/h1-8,10-12H,9H2,(H,22,23,24). The molecule has 5 aromatic rings. The highest BCUT2D eigenvalue weighted by atomic mass is 15.3. The fourth-order valence-electron chi connectivity index (χ4n) is 2.88. The summed E-state index contributed by atoms with van der Waals surface area (Å²) >= 11 is 0. The number of aromatic amines is 1. The van der Waals surface area contributed by atoms with Crippen LogP contribution in [-0.4, -0.2) is 39.3 Å². The average molecular weight is 342 g/mol. The first-order chi connectivity index (χ1) is 12.8. The minimum atomic E-state index is 0.595. The van der Waals surface area contributed by atoms with Crippen molar-refractivity contribution in [2.24, 2.45) is 0 Å². The lowest BCUT2D eigenvalue weighted by atomic mass is 10.2. The number of rotatable bonds is 4. The van der Waals surface area contributed by atoms with Crippen LogP contribution in [0.5, 0.6) is 0 Å². The predicted molar refractivity (Wildman–Crippen MR) is 94.7 cm³/mol. The van der Waals surface area contributed by atoms with Gasteiger partial charge in [-0.2, -0.15) is 10.2 Å². The van der Waals surface area contributed by atoms with Gasteiger partial charge in [0.05, 0.1) is 17.8 Å². The van der Waals surface area contributed by atoms with Crippen LogP contribution in [0.4, 0.5) is 0 Å². The first-order valence-electron chi connectivity index (χ1n) is 8.14. The summed E-state index contributed by atoms with van der Waals surface area (Å²) in [4.78, 5) is 13.2. The third-order valence-electron chi connectivity index (χ3n) is 4.08. The number of pyridine rings is 1. The van der Waals surface area contributed by atoms with E-state index in [1.807, 2.05) is 59.3 Å². The van der Waals surface area contributed by atoms with E-state index in [9.17, 15) is 0 Å². The Bertz CT molecular complexity index is 1140. The molecule has 126 valence electrons. The summed E-state index contributed by atoms with van der Waals surface area (Å²) in [5, 5.41) is 11.5. The van der Waals surface area contributed by atoms with E-state index in [2.05, 4.69) is 30.2 Å². The molecule has 1 aromatic carbocycles. The molecule has 5 rings (SSSR count). The van der Waals surface area contributed by atoms with Crippen molar-refractivity contribution in [2.75, 3.05) is 0 Å². The molecule has 0 atom stereocenters. The summed E-state index contributed by atoms with van der Waals surface area (Å²) in [6.45, 7) is 0. The van der Waals surface area contributed by atoms with Crippen LogP contribution in [0.15, 0.2) is 67.5 Å². The molecular formula is C18H14N8. The third kappa shape index (κ3) is 2.63. The summed E-state index contributed by atoms with van der Waals surface area (Å²) < 4.78 is 3.70. The van der Waals surface area contributed by atoms with Gasteiger partial charge in [-0.25, -0.2) is 19.6 Å². The van der Waals surface area contributed by atoms with Crippen molar-refractivity contribution in [3.63, 3.8) is 0 Å². The second-order valence-electron chi connectivity index (χ2n) is 5.87. The van der Waals surface area contributed by atoms with E-state index in [-0.39, 0.29) is 0 Å². The van der Waals surface area contributed by atoms with Crippen LogP contribution < -0.4 is 0 Å². The van der Waals surface area contributed by atoms with Gasteiger partial charge >= 0.3 is 0 Å². The summed E-state index contributed by atoms with van der Waals surface area (Å²) in [5.74, 6) is 1.42. The Morgan fingerprint density at radius 1 is 1.04 bits per heavy atom. The van der Waals surface area contributed by atoms with Gasteiger partial charge in [0.1, 0.15) is 24.1 Å². The molecule has 0 spiro atoms. The lowest BCUT2D eigenvalue weighted by Crippen LogP contribution is -1.94. The van der Waals surface area contributed by atoms with Crippen LogP contribution >= 0.6 is 0 Å². The van der Waals surface area contributed by atoms with Crippen molar-refractivity contribution in [1.82, 2.24) is 39.3 Å². The summed E-state index contributed by atoms with van der Waals surface area (Å²) in [7, 11) is 0. The first kappa shape index (κ1) is 14.5. The molecule has 0 unspecified atom stereocenters. The number of imidazole rings is 1. The second-order valence-corrected chi connectivity index (χ2v) is 5.87. The van der Waals surface area contributed by atoms with Gasteiger partial charge in [-0.1, -0.05) is 18.2 Å². The van der Waals surface area contributed by atoms with E-state index in [0.717, 1.165) is 28.4 Å². The quantitative estimate of drug-likeness (QED) is 0.541. The monoisotopic (exact) mass is 342 g/mol. The Morgan fingerprint density at radius 2 is 2.04 bits per heavy atom. The molecule has 0 saturated carbocycles. The molecule has 26 heavy (non-hydrogen) atoms. The van der Waals surface area contributed by atoms with Gasteiger partial charge in [0.15, 0.2) is 5.82 Å². The summed E-state index contributed by atoms with van der Waals surface area (Å²) in [6.07, 6.45) is 7.74. The zero-order chi connectivity index (χ0) is 17.3. The maximum absolute atomic E-state index is 4.61. The maximum atomic E-state index is 4.61. The molecule has 4 aromatic heterocycles. The lowest BCUT2D eigenvalue weighted by molar-refractivity contribution is 0.879. The van der Waals surface area contributed by atoms with Crippen LogP contribution in [0.2, 0.25) is 0 Å². The average Bonchev–Trinajstić information content (AvgIpc) is 3.42. The summed E-state index contributed by atoms with van der Waals surface area (Å²) in [6, 6.07) is 13.8. The van der Waals surface area contributed by atoms with Crippen molar-refractivity contribution in [1.29, 1.82) is 0 Å². The van der Waals surface area contributed by atoms with Crippen LogP contribution in [0.1, 0.15) is 11.5 Å². The molecule has 0 fully saturated rings. The predicted octanol–water partition coefficient (Wildman–Crippen LogP) is 2.29. The van der Waals surface area contributed by atoms with Gasteiger partial charge in [-0.3, -0.25) is 5.10 Å². The largest absolute Gasteiger partial charge is 0.307 e. The van der Waals surface area contributed by atoms with Gasteiger partial charge < -0.3 is 4.40 Å². The zero-order valence-corrected chi connectivity index (χ0v) is 13.7. The number of nitrogens with zero attached hydrogens (tertiary/aromatic N) is 7. The molecule has 1 N–H and O–H groups in total. The lowest BCUT2D eigenvalue weighted by Gasteiger charge is -2.01. The minimum Gasteiger partial charge on any atom is -0.307 e. The highest BCUT2D eigenvalue weighted by Gasteiger charge is 2.10. The Hall–Kier alpha value is -3.81. The van der Waals surface area contributed by atoms with Crippen molar-refractivity contribution < 1.29 is 0 Å². The van der Waals surface area contributed by atoms with Gasteiger partial charge in [0.25, 0.3) is 0 Å². The number of benzene rings is 1. The number of H-pyrrole nitrogens is 1. The zero-order valence-electron chi connectivity index (χ0n) is 13.7. The Labute approximate surface area is 148 Å². The molecule has 0 bridgehead atoms. The molecule has 4 heterocycles. The molecule has 0 aliphatic carbocycles. The fraction of sp³-hybridized carbons (Fsp3) is 0.0556. The van der Waals surface area contributed by atoms with Crippen LogP contribution in [-0.2, 0) is 6.42 Å². The molecule has 0 aliphatic heterocycles. The van der Waals surface area contributed by atoms with Crippen molar-refractivity contribution in [3.8, 4) is 17.1 Å². The van der Waals surface area contributed by atoms with Crippen molar-refractivity contribution in [3.05, 3.63) is 79.0 Å². The topological polar surface area (TPSA) is 89.6 Å². The van der Waals surface area contributed by atoms with Gasteiger partial charge in [0.2, 0.25) is 0 Å². The van der Waals surface area contributed by atoms with E-state index < -0.39 is 0 Å². The van der Waals surface area contributed by atoms with E-state index in [1.165, 1.54) is 6.33 Å². The highest BCUT2D eigenvalue weighted by Crippen LogP contribution is 2.19. The van der Waals surface area contributed by atoms with Gasteiger partial charge in [-0.05, 0) is 24.3 Å². The van der Waals surface area contributed by atoms with E-state index in [1.54, 1.807) is 11.0 Å². The fourth-order valence-corrected chi connectivity index (χ4v) is 2.88. The van der Waals surface area contributed by atoms with Gasteiger partial charge in [0, 0.05) is 18.0 Å².